The summed E-state index contributed by atoms with van der Waals surface area (Å²) in [5, 5.41) is 6.64. The normalized spacial score (nSPS) is 12.1. The lowest BCUT2D eigenvalue weighted by molar-refractivity contribution is -0.117. The quantitative estimate of drug-likeness (QED) is 0.874. The van der Waals surface area contributed by atoms with Gasteiger partial charge < -0.3 is 11.1 Å². The molecule has 0 fully saturated rings. The number of para-hydroxylation sites is 1. The third-order valence-corrected chi connectivity index (χ3v) is 3.29. The summed E-state index contributed by atoms with van der Waals surface area (Å²) < 4.78 is 0. The molecule has 1 heterocycles. The van der Waals surface area contributed by atoms with Gasteiger partial charge in [0.2, 0.25) is 5.91 Å². The van der Waals surface area contributed by atoms with Gasteiger partial charge >= 0.3 is 0 Å². The summed E-state index contributed by atoms with van der Waals surface area (Å²) in [5.41, 5.74) is 8.56. The molecule has 0 aliphatic carbocycles. The van der Waals surface area contributed by atoms with Gasteiger partial charge in [-0.2, -0.15) is 11.3 Å². The number of aryl methyl sites for hydroxylation is 1. The fraction of sp³-hybridized carbons (Fsp3) is 0.154. The van der Waals surface area contributed by atoms with Crippen LogP contribution in [0.3, 0.4) is 0 Å². The lowest BCUT2D eigenvalue weighted by Gasteiger charge is -2.12. The molecule has 88 valence electrons. The molecule has 0 spiro atoms. The summed E-state index contributed by atoms with van der Waals surface area (Å²) in [5.74, 6) is -0.183. The number of rotatable bonds is 3. The molecule has 1 aromatic carbocycles. The van der Waals surface area contributed by atoms with Crippen molar-refractivity contribution >= 4 is 22.9 Å². The molecule has 0 saturated carbocycles. The summed E-state index contributed by atoms with van der Waals surface area (Å²) in [6.45, 7) is 1.95. The van der Waals surface area contributed by atoms with E-state index in [4.69, 9.17) is 5.73 Å². The maximum absolute atomic E-state index is 11.9. The number of anilines is 1. The molecule has 1 atom stereocenters. The molecule has 4 heteroatoms. The van der Waals surface area contributed by atoms with E-state index in [9.17, 15) is 4.79 Å². The van der Waals surface area contributed by atoms with Crippen LogP contribution in [0, 0.1) is 6.92 Å². The van der Waals surface area contributed by atoms with E-state index in [1.807, 2.05) is 48.0 Å². The van der Waals surface area contributed by atoms with Crippen LogP contribution in [0.25, 0.3) is 0 Å². The van der Waals surface area contributed by atoms with Gasteiger partial charge in [-0.25, -0.2) is 0 Å². The second-order valence-corrected chi connectivity index (χ2v) is 4.62. The monoisotopic (exact) mass is 246 g/mol. The van der Waals surface area contributed by atoms with E-state index in [0.717, 1.165) is 16.8 Å². The molecular weight excluding hydrogens is 232 g/mol. The predicted octanol–water partition coefficient (Wildman–Crippen LogP) is 2.70. The zero-order chi connectivity index (χ0) is 12.3. The fourth-order valence-electron chi connectivity index (χ4n) is 1.53. The first-order valence-corrected chi connectivity index (χ1v) is 6.27. The highest BCUT2D eigenvalue weighted by Gasteiger charge is 2.16. The minimum atomic E-state index is -0.610. The highest BCUT2D eigenvalue weighted by Crippen LogP contribution is 2.18. The number of nitrogens with one attached hydrogen (secondary N) is 1. The Morgan fingerprint density at radius 2 is 2.12 bits per heavy atom. The Hall–Kier alpha value is -1.65. The van der Waals surface area contributed by atoms with Gasteiger partial charge in [0, 0.05) is 5.69 Å². The summed E-state index contributed by atoms with van der Waals surface area (Å²) in [4.78, 5) is 11.9. The number of carbonyl (C=O) groups is 1. The van der Waals surface area contributed by atoms with Crippen molar-refractivity contribution in [3.05, 3.63) is 52.2 Å². The van der Waals surface area contributed by atoms with Gasteiger partial charge in [-0.1, -0.05) is 18.2 Å². The van der Waals surface area contributed by atoms with E-state index >= 15 is 0 Å². The molecule has 0 radical (unpaired) electrons. The largest absolute Gasteiger partial charge is 0.324 e. The van der Waals surface area contributed by atoms with Gasteiger partial charge in [-0.05, 0) is 40.9 Å². The summed E-state index contributed by atoms with van der Waals surface area (Å²) in [7, 11) is 0. The molecule has 1 unspecified atom stereocenters. The van der Waals surface area contributed by atoms with Gasteiger partial charge in [-0.3, -0.25) is 4.79 Å². The zero-order valence-electron chi connectivity index (χ0n) is 9.51. The molecule has 0 aliphatic rings. The minimum absolute atomic E-state index is 0.183. The molecule has 0 saturated heterocycles. The topological polar surface area (TPSA) is 55.1 Å². The third kappa shape index (κ3) is 2.72. The molecule has 1 aromatic heterocycles. The van der Waals surface area contributed by atoms with Crippen molar-refractivity contribution in [1.82, 2.24) is 0 Å². The molecule has 2 aromatic rings. The third-order valence-electron chi connectivity index (χ3n) is 2.59. The van der Waals surface area contributed by atoms with Crippen LogP contribution in [0.4, 0.5) is 5.69 Å². The van der Waals surface area contributed by atoms with Crippen molar-refractivity contribution in [2.24, 2.45) is 5.73 Å². The van der Waals surface area contributed by atoms with Crippen molar-refractivity contribution in [2.45, 2.75) is 13.0 Å². The zero-order valence-corrected chi connectivity index (χ0v) is 10.3. The Labute approximate surface area is 104 Å². The lowest BCUT2D eigenvalue weighted by Crippen LogP contribution is -2.27. The van der Waals surface area contributed by atoms with Crippen molar-refractivity contribution in [2.75, 3.05) is 5.32 Å². The number of thiophene rings is 1. The van der Waals surface area contributed by atoms with Crippen LogP contribution < -0.4 is 11.1 Å². The number of carbonyl (C=O) groups excluding carboxylic acids is 1. The Morgan fingerprint density at radius 3 is 2.76 bits per heavy atom. The van der Waals surface area contributed by atoms with E-state index < -0.39 is 6.04 Å². The SMILES string of the molecule is Cc1ccccc1NC(=O)C(N)c1ccsc1. The van der Waals surface area contributed by atoms with Crippen molar-refractivity contribution < 1.29 is 4.79 Å². The molecule has 1 amide bonds. The maximum atomic E-state index is 11.9. The standard InChI is InChI=1S/C13H14N2OS/c1-9-4-2-3-5-11(9)15-13(16)12(14)10-6-7-17-8-10/h2-8,12H,14H2,1H3,(H,15,16). The maximum Gasteiger partial charge on any atom is 0.245 e. The Bertz CT molecular complexity index is 508. The van der Waals surface area contributed by atoms with Crippen LogP contribution in [0.5, 0.6) is 0 Å². The van der Waals surface area contributed by atoms with Gasteiger partial charge in [0.25, 0.3) is 0 Å². The molecule has 17 heavy (non-hydrogen) atoms. The smallest absolute Gasteiger partial charge is 0.245 e. The van der Waals surface area contributed by atoms with Crippen LogP contribution >= 0.6 is 11.3 Å². The Kier molecular flexibility index (Phi) is 3.56. The summed E-state index contributed by atoms with van der Waals surface area (Å²) >= 11 is 1.53. The van der Waals surface area contributed by atoms with E-state index in [1.165, 1.54) is 11.3 Å². The van der Waals surface area contributed by atoms with Crippen LogP contribution in [-0.4, -0.2) is 5.91 Å². The lowest BCUT2D eigenvalue weighted by atomic mass is 10.1. The first kappa shape index (κ1) is 11.8. The van der Waals surface area contributed by atoms with E-state index in [2.05, 4.69) is 5.32 Å². The summed E-state index contributed by atoms with van der Waals surface area (Å²) in [6, 6.07) is 8.90. The molecule has 2 rings (SSSR count). The minimum Gasteiger partial charge on any atom is -0.324 e. The van der Waals surface area contributed by atoms with Crippen molar-refractivity contribution in [3.8, 4) is 0 Å². The number of amides is 1. The van der Waals surface area contributed by atoms with Gasteiger partial charge in [0.15, 0.2) is 0 Å². The average Bonchev–Trinajstić information content (AvgIpc) is 2.84. The van der Waals surface area contributed by atoms with Crippen LogP contribution in [0.1, 0.15) is 17.2 Å². The highest BCUT2D eigenvalue weighted by atomic mass is 32.1. The first-order valence-electron chi connectivity index (χ1n) is 5.32. The van der Waals surface area contributed by atoms with Crippen LogP contribution in [0.15, 0.2) is 41.1 Å². The molecular formula is C13H14N2OS. The van der Waals surface area contributed by atoms with Crippen molar-refractivity contribution in [1.29, 1.82) is 0 Å². The van der Waals surface area contributed by atoms with E-state index in [1.54, 1.807) is 0 Å². The van der Waals surface area contributed by atoms with Crippen molar-refractivity contribution in [3.63, 3.8) is 0 Å². The van der Waals surface area contributed by atoms with Gasteiger partial charge in [-0.15, -0.1) is 0 Å². The summed E-state index contributed by atoms with van der Waals surface area (Å²) in [6.07, 6.45) is 0. The number of nitrogens with two attached hydrogens (primary N) is 1. The molecule has 3 nitrogen and oxygen atoms in total. The first-order chi connectivity index (χ1) is 8.18. The second kappa shape index (κ2) is 5.12. The Balaban J connectivity index is 2.10. The average molecular weight is 246 g/mol. The number of hydrogen-bond donors (Lipinski definition) is 2. The van der Waals surface area contributed by atoms with Crippen LogP contribution in [0.2, 0.25) is 0 Å². The number of benzene rings is 1. The molecule has 3 N–H and O–H groups in total. The van der Waals surface area contributed by atoms with Gasteiger partial charge in [0.1, 0.15) is 6.04 Å². The highest BCUT2D eigenvalue weighted by molar-refractivity contribution is 7.08. The predicted molar refractivity (Wildman–Crippen MR) is 71.1 cm³/mol. The molecule has 0 bridgehead atoms. The second-order valence-electron chi connectivity index (χ2n) is 3.84. The fourth-order valence-corrected chi connectivity index (χ4v) is 2.22. The van der Waals surface area contributed by atoms with Crippen LogP contribution in [-0.2, 0) is 4.79 Å². The molecule has 0 aliphatic heterocycles. The Morgan fingerprint density at radius 1 is 1.35 bits per heavy atom. The number of hydrogen-bond acceptors (Lipinski definition) is 3. The van der Waals surface area contributed by atoms with Gasteiger partial charge in [0.05, 0.1) is 0 Å². The van der Waals surface area contributed by atoms with E-state index in [-0.39, 0.29) is 5.91 Å². The van der Waals surface area contributed by atoms with E-state index in [0.29, 0.717) is 0 Å².